The summed E-state index contributed by atoms with van der Waals surface area (Å²) < 4.78 is 11.2. The Morgan fingerprint density at radius 1 is 1.17 bits per heavy atom. The van der Waals surface area contributed by atoms with Crippen LogP contribution in [-0.2, 0) is 4.79 Å². The predicted molar refractivity (Wildman–Crippen MR) is 119 cm³/mol. The van der Waals surface area contributed by atoms with Gasteiger partial charge in [-0.2, -0.15) is 0 Å². The summed E-state index contributed by atoms with van der Waals surface area (Å²) >= 11 is 0. The molecule has 2 unspecified atom stereocenters. The van der Waals surface area contributed by atoms with E-state index in [0.717, 1.165) is 47.8 Å². The number of carbonyl (C=O) groups is 1. The third-order valence-corrected chi connectivity index (χ3v) is 6.05. The maximum atomic E-state index is 11.7. The van der Waals surface area contributed by atoms with Crippen molar-refractivity contribution >= 4 is 17.3 Å². The van der Waals surface area contributed by atoms with Crippen molar-refractivity contribution in [2.45, 2.75) is 31.7 Å². The second-order valence-corrected chi connectivity index (χ2v) is 7.98. The molecular formula is C24H29N3O3. The third-order valence-electron chi connectivity index (χ3n) is 6.05. The SMILES string of the molecule is CCC(=O)Nc1ccc(C2=NC3CCN(C)CC3c3cc(OC)c(OC)cc32)cc1. The highest BCUT2D eigenvalue weighted by atomic mass is 16.5. The molecule has 0 saturated carbocycles. The van der Waals surface area contributed by atoms with Crippen molar-refractivity contribution in [3.8, 4) is 11.5 Å². The molecule has 0 aromatic heterocycles. The van der Waals surface area contributed by atoms with Gasteiger partial charge in [-0.3, -0.25) is 9.79 Å². The summed E-state index contributed by atoms with van der Waals surface area (Å²) in [6, 6.07) is 12.3. The van der Waals surface area contributed by atoms with E-state index < -0.39 is 0 Å². The van der Waals surface area contributed by atoms with E-state index in [1.807, 2.05) is 37.3 Å². The number of ether oxygens (including phenoxy) is 2. The number of rotatable bonds is 5. The van der Waals surface area contributed by atoms with Crippen molar-refractivity contribution in [2.75, 3.05) is 39.7 Å². The van der Waals surface area contributed by atoms with Crippen molar-refractivity contribution < 1.29 is 14.3 Å². The quantitative estimate of drug-likeness (QED) is 0.821. The molecule has 2 atom stereocenters. The number of likely N-dealkylation sites (N-methyl/N-ethyl adjacent to an activating group) is 1. The van der Waals surface area contributed by atoms with Gasteiger partial charge in [-0.1, -0.05) is 19.1 Å². The van der Waals surface area contributed by atoms with E-state index in [1.165, 1.54) is 5.56 Å². The van der Waals surface area contributed by atoms with Gasteiger partial charge >= 0.3 is 0 Å². The number of hydrogen-bond acceptors (Lipinski definition) is 5. The van der Waals surface area contributed by atoms with Crippen LogP contribution in [0.4, 0.5) is 5.69 Å². The first kappa shape index (κ1) is 20.4. The van der Waals surface area contributed by atoms with Gasteiger partial charge in [0, 0.05) is 35.7 Å². The van der Waals surface area contributed by atoms with E-state index in [9.17, 15) is 4.79 Å². The van der Waals surface area contributed by atoms with Crippen LogP contribution in [0.25, 0.3) is 0 Å². The highest BCUT2D eigenvalue weighted by Crippen LogP contribution is 2.42. The molecule has 0 aliphatic carbocycles. The largest absolute Gasteiger partial charge is 0.493 e. The van der Waals surface area contributed by atoms with Crippen molar-refractivity contribution in [2.24, 2.45) is 4.99 Å². The number of likely N-dealkylation sites (tertiary alicyclic amines) is 1. The molecule has 0 spiro atoms. The van der Waals surface area contributed by atoms with E-state index in [2.05, 4.69) is 23.3 Å². The maximum absolute atomic E-state index is 11.7. The Labute approximate surface area is 177 Å². The monoisotopic (exact) mass is 407 g/mol. The molecule has 0 radical (unpaired) electrons. The minimum Gasteiger partial charge on any atom is -0.493 e. The minimum atomic E-state index is 0.00843. The summed E-state index contributed by atoms with van der Waals surface area (Å²) in [7, 11) is 5.50. The summed E-state index contributed by atoms with van der Waals surface area (Å²) in [5.41, 5.74) is 5.17. The van der Waals surface area contributed by atoms with Crippen LogP contribution in [0.1, 0.15) is 42.4 Å². The molecule has 158 valence electrons. The fraction of sp³-hybridized carbons (Fsp3) is 0.417. The van der Waals surface area contributed by atoms with E-state index in [4.69, 9.17) is 14.5 Å². The Morgan fingerprint density at radius 2 is 1.87 bits per heavy atom. The zero-order valence-electron chi connectivity index (χ0n) is 18.1. The molecule has 1 amide bonds. The predicted octanol–water partition coefficient (Wildman–Crippen LogP) is 3.69. The second-order valence-electron chi connectivity index (χ2n) is 7.98. The van der Waals surface area contributed by atoms with Gasteiger partial charge in [0.15, 0.2) is 11.5 Å². The van der Waals surface area contributed by atoms with Gasteiger partial charge < -0.3 is 19.7 Å². The third kappa shape index (κ3) is 3.79. The molecule has 2 aliphatic heterocycles. The number of hydrogen-bond donors (Lipinski definition) is 1. The van der Waals surface area contributed by atoms with E-state index in [1.54, 1.807) is 14.2 Å². The molecular weight excluding hydrogens is 378 g/mol. The van der Waals surface area contributed by atoms with Gasteiger partial charge in [0.2, 0.25) is 5.91 Å². The molecule has 2 heterocycles. The molecule has 6 nitrogen and oxygen atoms in total. The summed E-state index contributed by atoms with van der Waals surface area (Å²) in [6.45, 7) is 3.87. The van der Waals surface area contributed by atoms with Crippen LogP contribution in [0.15, 0.2) is 41.4 Å². The first-order valence-electron chi connectivity index (χ1n) is 10.5. The number of anilines is 1. The first-order valence-corrected chi connectivity index (χ1v) is 10.5. The molecule has 1 fully saturated rings. The van der Waals surface area contributed by atoms with Crippen LogP contribution in [-0.4, -0.2) is 56.9 Å². The Bertz CT molecular complexity index is 968. The number of carbonyl (C=O) groups excluding carboxylic acids is 1. The Hall–Kier alpha value is -2.86. The van der Waals surface area contributed by atoms with Crippen LogP contribution < -0.4 is 14.8 Å². The van der Waals surface area contributed by atoms with Crippen molar-refractivity contribution in [3.63, 3.8) is 0 Å². The number of nitrogens with zero attached hydrogens (tertiary/aromatic N) is 2. The molecule has 2 aromatic carbocycles. The average molecular weight is 408 g/mol. The molecule has 4 rings (SSSR count). The number of nitrogens with one attached hydrogen (secondary N) is 1. The van der Waals surface area contributed by atoms with Crippen LogP contribution in [0.3, 0.4) is 0 Å². The lowest BCUT2D eigenvalue weighted by atomic mass is 9.79. The summed E-state index contributed by atoms with van der Waals surface area (Å²) in [4.78, 5) is 19.2. The lowest BCUT2D eigenvalue weighted by Gasteiger charge is -2.39. The van der Waals surface area contributed by atoms with E-state index >= 15 is 0 Å². The fourth-order valence-corrected chi connectivity index (χ4v) is 4.40. The lowest BCUT2D eigenvalue weighted by molar-refractivity contribution is -0.115. The van der Waals surface area contributed by atoms with Crippen LogP contribution in [0, 0.1) is 0 Å². The van der Waals surface area contributed by atoms with Crippen LogP contribution >= 0.6 is 0 Å². The van der Waals surface area contributed by atoms with Gasteiger partial charge in [-0.15, -0.1) is 0 Å². The first-order chi connectivity index (χ1) is 14.5. The molecule has 6 heteroatoms. The summed E-state index contributed by atoms with van der Waals surface area (Å²) in [6.07, 6.45) is 1.49. The number of fused-ring (bicyclic) bond motifs is 3. The molecule has 1 N–H and O–H groups in total. The number of benzene rings is 2. The van der Waals surface area contributed by atoms with E-state index in [0.29, 0.717) is 18.1 Å². The standard InChI is InChI=1S/C24H29N3O3/c1-5-23(28)25-16-8-6-15(7-9-16)24-18-13-22(30-4)21(29-3)12-17(18)19-14-27(2)11-10-20(19)26-24/h6-9,12-13,19-20H,5,10-11,14H2,1-4H3,(H,25,28). The van der Waals surface area contributed by atoms with Gasteiger partial charge in [0.05, 0.1) is 26.0 Å². The number of amides is 1. The topological polar surface area (TPSA) is 63.2 Å². The molecule has 0 bridgehead atoms. The van der Waals surface area contributed by atoms with Crippen molar-refractivity contribution in [3.05, 3.63) is 53.1 Å². The lowest BCUT2D eigenvalue weighted by Crippen LogP contribution is -2.41. The Morgan fingerprint density at radius 3 is 2.53 bits per heavy atom. The van der Waals surface area contributed by atoms with Crippen LogP contribution in [0.2, 0.25) is 0 Å². The Balaban J connectivity index is 1.77. The van der Waals surface area contributed by atoms with Gasteiger partial charge in [0.25, 0.3) is 0 Å². The normalized spacial score (nSPS) is 20.6. The number of methoxy groups -OCH3 is 2. The molecule has 2 aliphatic rings. The highest BCUT2D eigenvalue weighted by molar-refractivity contribution is 6.15. The smallest absolute Gasteiger partial charge is 0.224 e. The minimum absolute atomic E-state index is 0.00843. The van der Waals surface area contributed by atoms with Crippen molar-refractivity contribution in [1.29, 1.82) is 0 Å². The van der Waals surface area contributed by atoms with E-state index in [-0.39, 0.29) is 11.9 Å². The van der Waals surface area contributed by atoms with Gasteiger partial charge in [-0.25, -0.2) is 0 Å². The zero-order valence-corrected chi connectivity index (χ0v) is 18.1. The zero-order chi connectivity index (χ0) is 21.3. The summed E-state index contributed by atoms with van der Waals surface area (Å²) in [5, 5.41) is 2.90. The fourth-order valence-electron chi connectivity index (χ4n) is 4.40. The Kier molecular flexibility index (Phi) is 5.77. The number of aliphatic imine (C=N–C) groups is 1. The van der Waals surface area contributed by atoms with Gasteiger partial charge in [0.1, 0.15) is 0 Å². The molecule has 30 heavy (non-hydrogen) atoms. The maximum Gasteiger partial charge on any atom is 0.224 e. The summed E-state index contributed by atoms with van der Waals surface area (Å²) in [5.74, 6) is 1.81. The molecule has 2 aromatic rings. The average Bonchev–Trinajstić information content (AvgIpc) is 2.78. The molecule has 1 saturated heterocycles. The highest BCUT2D eigenvalue weighted by Gasteiger charge is 2.36. The van der Waals surface area contributed by atoms with Gasteiger partial charge in [-0.05, 0) is 49.8 Å². The number of piperidine rings is 1. The van der Waals surface area contributed by atoms with Crippen molar-refractivity contribution in [1.82, 2.24) is 4.90 Å². The van der Waals surface area contributed by atoms with Crippen LogP contribution in [0.5, 0.6) is 11.5 Å². The second kappa shape index (κ2) is 8.48.